The topological polar surface area (TPSA) is 95.2 Å². The number of halogens is 2. The molecule has 1 aliphatic heterocycles. The van der Waals surface area contributed by atoms with Crippen LogP contribution in [0.15, 0.2) is 59.5 Å². The lowest BCUT2D eigenvalue weighted by molar-refractivity contribution is -0.138. The summed E-state index contributed by atoms with van der Waals surface area (Å²) >= 11 is 0. The van der Waals surface area contributed by atoms with Crippen LogP contribution in [0.25, 0.3) is 0 Å². The number of aryl methyl sites for hydroxylation is 1. The molecule has 0 spiro atoms. The van der Waals surface area contributed by atoms with Gasteiger partial charge in [-0.3, -0.25) is 14.4 Å². The standard InChI is InChI=1S/C28H30F2N4O3/c1-16(2)21-9-10-22(32-26(21)30)25(19-7-5-4-6-8-19)33-28(37)23-13-20(29)15-34(23)24(35)12-18-11-17(3)27(36)31-14-18/h4-11,14,16,20,23,25H,12-13,15H2,1-3H3,(H,31,36)(H,33,37). The number of nitrogens with one attached hydrogen (secondary N) is 2. The molecule has 1 fully saturated rings. The number of carbonyl (C=O) groups excluding carboxylic acids is 2. The summed E-state index contributed by atoms with van der Waals surface area (Å²) in [6, 6.07) is 12.1. The van der Waals surface area contributed by atoms with E-state index in [-0.39, 0.29) is 30.9 Å². The van der Waals surface area contributed by atoms with Crippen molar-refractivity contribution >= 4 is 11.8 Å². The number of hydrogen-bond donors (Lipinski definition) is 2. The van der Waals surface area contributed by atoms with Gasteiger partial charge in [0.1, 0.15) is 12.2 Å². The van der Waals surface area contributed by atoms with E-state index in [1.807, 2.05) is 19.9 Å². The SMILES string of the molecule is Cc1cc(CC(=O)N2CC(F)CC2C(=O)NC(c2ccccc2)c2ccc(C(C)C)c(F)n2)c[nH]c1=O. The van der Waals surface area contributed by atoms with Crippen molar-refractivity contribution < 1.29 is 18.4 Å². The molecule has 3 atom stereocenters. The van der Waals surface area contributed by atoms with E-state index in [1.54, 1.807) is 49.4 Å². The molecule has 7 nitrogen and oxygen atoms in total. The summed E-state index contributed by atoms with van der Waals surface area (Å²) in [6.45, 7) is 5.16. The maximum Gasteiger partial charge on any atom is 0.250 e. The molecule has 4 rings (SSSR count). The summed E-state index contributed by atoms with van der Waals surface area (Å²) in [5.41, 5.74) is 2.22. The van der Waals surface area contributed by atoms with Crippen molar-refractivity contribution in [2.75, 3.05) is 6.54 Å². The third kappa shape index (κ3) is 5.93. The van der Waals surface area contributed by atoms with Gasteiger partial charge in [-0.05, 0) is 36.1 Å². The summed E-state index contributed by atoms with van der Waals surface area (Å²) in [6.07, 6.45) is -0.136. The third-order valence-corrected chi connectivity index (χ3v) is 6.61. The lowest BCUT2D eigenvalue weighted by Crippen LogP contribution is -2.47. The van der Waals surface area contributed by atoms with E-state index in [0.29, 0.717) is 27.9 Å². The molecule has 2 amide bonds. The molecular weight excluding hydrogens is 478 g/mol. The summed E-state index contributed by atoms with van der Waals surface area (Å²) in [5.74, 6) is -1.64. The Labute approximate surface area is 213 Å². The smallest absolute Gasteiger partial charge is 0.250 e. The molecule has 2 aromatic heterocycles. The van der Waals surface area contributed by atoms with E-state index >= 15 is 0 Å². The number of H-pyrrole nitrogens is 1. The molecule has 37 heavy (non-hydrogen) atoms. The zero-order valence-electron chi connectivity index (χ0n) is 21.0. The van der Waals surface area contributed by atoms with Gasteiger partial charge in [0.25, 0.3) is 5.56 Å². The first-order chi connectivity index (χ1) is 17.6. The maximum atomic E-state index is 14.7. The molecule has 2 N–H and O–H groups in total. The second-order valence-corrected chi connectivity index (χ2v) is 9.71. The van der Waals surface area contributed by atoms with Gasteiger partial charge in [0.05, 0.1) is 24.7 Å². The fourth-order valence-electron chi connectivity index (χ4n) is 4.61. The minimum atomic E-state index is -1.35. The number of hydrogen-bond acceptors (Lipinski definition) is 4. The van der Waals surface area contributed by atoms with Crippen molar-refractivity contribution in [2.45, 2.75) is 57.8 Å². The lowest BCUT2D eigenvalue weighted by atomic mass is 9.99. The van der Waals surface area contributed by atoms with Crippen LogP contribution in [-0.2, 0) is 16.0 Å². The van der Waals surface area contributed by atoms with E-state index in [9.17, 15) is 23.2 Å². The molecule has 1 aromatic carbocycles. The second kappa shape index (κ2) is 11.0. The molecule has 3 unspecified atom stereocenters. The third-order valence-electron chi connectivity index (χ3n) is 6.61. The monoisotopic (exact) mass is 508 g/mol. The van der Waals surface area contributed by atoms with Crippen molar-refractivity contribution in [2.24, 2.45) is 0 Å². The van der Waals surface area contributed by atoms with Crippen LogP contribution in [0.1, 0.15) is 60.2 Å². The average Bonchev–Trinajstić information content (AvgIpc) is 3.27. The first-order valence-electron chi connectivity index (χ1n) is 12.3. The zero-order chi connectivity index (χ0) is 26.7. The normalized spacial score (nSPS) is 18.2. The number of pyridine rings is 2. The number of alkyl halides is 1. The van der Waals surface area contributed by atoms with Crippen LogP contribution in [-0.4, -0.2) is 45.4 Å². The molecule has 9 heteroatoms. The first-order valence-corrected chi connectivity index (χ1v) is 12.3. The van der Waals surface area contributed by atoms with Gasteiger partial charge in [0, 0.05) is 23.7 Å². The van der Waals surface area contributed by atoms with Gasteiger partial charge in [0.2, 0.25) is 17.8 Å². The predicted octanol–water partition coefficient (Wildman–Crippen LogP) is 3.73. The molecule has 3 aromatic rings. The Bertz CT molecular complexity index is 1340. The highest BCUT2D eigenvalue weighted by Gasteiger charge is 2.40. The van der Waals surface area contributed by atoms with Crippen molar-refractivity contribution in [1.82, 2.24) is 20.2 Å². The largest absolute Gasteiger partial charge is 0.342 e. The van der Waals surface area contributed by atoms with Gasteiger partial charge in [-0.15, -0.1) is 0 Å². The molecule has 0 saturated carbocycles. The van der Waals surface area contributed by atoms with Crippen LogP contribution < -0.4 is 10.9 Å². The van der Waals surface area contributed by atoms with Crippen molar-refractivity contribution in [1.29, 1.82) is 0 Å². The second-order valence-electron chi connectivity index (χ2n) is 9.71. The van der Waals surface area contributed by atoms with Crippen LogP contribution in [0.5, 0.6) is 0 Å². The Balaban J connectivity index is 1.58. The number of rotatable bonds is 7. The number of aromatic amines is 1. The van der Waals surface area contributed by atoms with E-state index in [4.69, 9.17) is 0 Å². The lowest BCUT2D eigenvalue weighted by Gasteiger charge is -2.27. The summed E-state index contributed by atoms with van der Waals surface area (Å²) in [7, 11) is 0. The van der Waals surface area contributed by atoms with Crippen LogP contribution in [0.3, 0.4) is 0 Å². The van der Waals surface area contributed by atoms with Gasteiger partial charge in [0.15, 0.2) is 0 Å². The average molecular weight is 509 g/mol. The molecule has 1 aliphatic rings. The van der Waals surface area contributed by atoms with E-state index in [1.165, 1.54) is 11.1 Å². The number of aromatic nitrogens is 2. The highest BCUT2D eigenvalue weighted by Crippen LogP contribution is 2.27. The number of amides is 2. The molecule has 3 heterocycles. The highest BCUT2D eigenvalue weighted by molar-refractivity contribution is 5.89. The summed E-state index contributed by atoms with van der Waals surface area (Å²) in [5, 5.41) is 2.88. The number of likely N-dealkylation sites (tertiary alicyclic amines) is 1. The van der Waals surface area contributed by atoms with Crippen molar-refractivity contribution in [3.8, 4) is 0 Å². The minimum absolute atomic E-state index is 0.0582. The van der Waals surface area contributed by atoms with Crippen LogP contribution in [0, 0.1) is 12.9 Å². The van der Waals surface area contributed by atoms with Crippen LogP contribution in [0.4, 0.5) is 8.78 Å². The first kappa shape index (κ1) is 26.2. The van der Waals surface area contributed by atoms with Crippen molar-refractivity contribution in [3.63, 3.8) is 0 Å². The molecular formula is C28H30F2N4O3. The van der Waals surface area contributed by atoms with E-state index in [0.717, 1.165) is 0 Å². The molecule has 194 valence electrons. The van der Waals surface area contributed by atoms with Crippen molar-refractivity contribution in [3.05, 3.63) is 99.0 Å². The minimum Gasteiger partial charge on any atom is -0.342 e. The molecule has 0 bridgehead atoms. The number of carbonyl (C=O) groups is 2. The summed E-state index contributed by atoms with van der Waals surface area (Å²) in [4.78, 5) is 46.1. The quantitative estimate of drug-likeness (QED) is 0.476. The highest BCUT2D eigenvalue weighted by atomic mass is 19.1. The fourth-order valence-corrected chi connectivity index (χ4v) is 4.61. The van der Waals surface area contributed by atoms with Gasteiger partial charge < -0.3 is 15.2 Å². The van der Waals surface area contributed by atoms with Gasteiger partial charge in [-0.1, -0.05) is 50.2 Å². The predicted molar refractivity (Wildman–Crippen MR) is 135 cm³/mol. The Morgan fingerprint density at radius 2 is 1.92 bits per heavy atom. The van der Waals surface area contributed by atoms with Crippen LogP contribution in [0.2, 0.25) is 0 Å². The zero-order valence-corrected chi connectivity index (χ0v) is 21.0. The van der Waals surface area contributed by atoms with Gasteiger partial charge in [-0.2, -0.15) is 4.39 Å². The molecule has 0 aliphatic carbocycles. The van der Waals surface area contributed by atoms with E-state index < -0.39 is 36.0 Å². The fraction of sp³-hybridized carbons (Fsp3) is 0.357. The molecule has 0 radical (unpaired) electrons. The van der Waals surface area contributed by atoms with E-state index in [2.05, 4.69) is 15.3 Å². The van der Waals surface area contributed by atoms with Crippen LogP contribution >= 0.6 is 0 Å². The Hall–Kier alpha value is -3.88. The maximum absolute atomic E-state index is 14.7. The Kier molecular flexibility index (Phi) is 7.80. The summed E-state index contributed by atoms with van der Waals surface area (Å²) < 4.78 is 29.2. The number of benzene rings is 1. The molecule has 1 saturated heterocycles. The number of nitrogens with zero attached hydrogens (tertiary/aromatic N) is 2. The van der Waals surface area contributed by atoms with Gasteiger partial charge >= 0.3 is 0 Å². The van der Waals surface area contributed by atoms with Gasteiger partial charge in [-0.25, -0.2) is 9.37 Å². The Morgan fingerprint density at radius 1 is 1.19 bits per heavy atom. The Morgan fingerprint density at radius 3 is 2.57 bits per heavy atom.